The number of hydrogen-bond donors (Lipinski definition) is 1. The summed E-state index contributed by atoms with van der Waals surface area (Å²) >= 11 is 0. The van der Waals surface area contributed by atoms with Crippen LogP contribution in [-0.4, -0.2) is 19.1 Å². The molecule has 1 fully saturated rings. The summed E-state index contributed by atoms with van der Waals surface area (Å²) in [5.74, 6) is -1.19. The van der Waals surface area contributed by atoms with E-state index in [4.69, 9.17) is 0 Å². The molecule has 0 saturated heterocycles. The van der Waals surface area contributed by atoms with Crippen LogP contribution in [-0.2, 0) is 4.74 Å². The van der Waals surface area contributed by atoms with E-state index in [1.54, 1.807) is 6.07 Å². The standard InChI is InChI=1S/C16H22FNO2/c1-16(2)8-6-11(7-9-16)18-12-4-5-14(17)13(10-12)15(19)20-3/h4-5,10-11,18H,6-9H2,1-3H3. The van der Waals surface area contributed by atoms with Crippen molar-refractivity contribution < 1.29 is 13.9 Å². The van der Waals surface area contributed by atoms with E-state index in [0.29, 0.717) is 11.5 Å². The van der Waals surface area contributed by atoms with Gasteiger partial charge in [-0.05, 0) is 49.3 Å². The fourth-order valence-electron chi connectivity index (χ4n) is 2.66. The molecule has 1 aliphatic rings. The molecule has 110 valence electrons. The molecule has 1 saturated carbocycles. The highest BCUT2D eigenvalue weighted by atomic mass is 19.1. The summed E-state index contributed by atoms with van der Waals surface area (Å²) in [6.45, 7) is 4.58. The van der Waals surface area contributed by atoms with Crippen LogP contribution in [0.2, 0.25) is 0 Å². The minimum Gasteiger partial charge on any atom is -0.465 e. The molecule has 1 N–H and O–H groups in total. The molecule has 0 amide bonds. The first-order chi connectivity index (χ1) is 9.41. The van der Waals surface area contributed by atoms with Crippen molar-refractivity contribution in [2.75, 3.05) is 12.4 Å². The number of methoxy groups -OCH3 is 1. The molecule has 0 bridgehead atoms. The van der Waals surface area contributed by atoms with Gasteiger partial charge < -0.3 is 10.1 Å². The van der Waals surface area contributed by atoms with Crippen molar-refractivity contribution in [2.45, 2.75) is 45.6 Å². The Morgan fingerprint density at radius 3 is 2.60 bits per heavy atom. The van der Waals surface area contributed by atoms with Crippen LogP contribution in [0.5, 0.6) is 0 Å². The van der Waals surface area contributed by atoms with E-state index in [2.05, 4.69) is 23.9 Å². The maximum atomic E-state index is 13.6. The average Bonchev–Trinajstić information content (AvgIpc) is 2.42. The lowest BCUT2D eigenvalue weighted by atomic mass is 9.75. The number of carbonyl (C=O) groups is 1. The molecule has 1 aromatic carbocycles. The highest BCUT2D eigenvalue weighted by molar-refractivity contribution is 5.90. The zero-order valence-electron chi connectivity index (χ0n) is 12.3. The summed E-state index contributed by atoms with van der Waals surface area (Å²) < 4.78 is 18.1. The quantitative estimate of drug-likeness (QED) is 0.850. The van der Waals surface area contributed by atoms with Gasteiger partial charge in [-0.3, -0.25) is 0 Å². The van der Waals surface area contributed by atoms with Gasteiger partial charge in [-0.25, -0.2) is 9.18 Å². The molecule has 0 atom stereocenters. The van der Waals surface area contributed by atoms with Crippen molar-refractivity contribution in [3.63, 3.8) is 0 Å². The van der Waals surface area contributed by atoms with E-state index in [0.717, 1.165) is 18.5 Å². The van der Waals surface area contributed by atoms with Gasteiger partial charge in [-0.2, -0.15) is 0 Å². The molecule has 1 aliphatic carbocycles. The number of halogens is 1. The molecule has 0 aromatic heterocycles. The molecule has 0 aliphatic heterocycles. The smallest absolute Gasteiger partial charge is 0.340 e. The van der Waals surface area contributed by atoms with Crippen LogP contribution in [0.4, 0.5) is 10.1 Å². The fourth-order valence-corrected chi connectivity index (χ4v) is 2.66. The van der Waals surface area contributed by atoms with Gasteiger partial charge in [0.15, 0.2) is 0 Å². The summed E-state index contributed by atoms with van der Waals surface area (Å²) in [4.78, 5) is 11.5. The second kappa shape index (κ2) is 5.81. The van der Waals surface area contributed by atoms with Gasteiger partial charge in [0.2, 0.25) is 0 Å². The minimum atomic E-state index is -0.643. The van der Waals surface area contributed by atoms with E-state index >= 15 is 0 Å². The summed E-state index contributed by atoms with van der Waals surface area (Å²) in [6, 6.07) is 4.89. The molecule has 2 rings (SSSR count). The Labute approximate surface area is 119 Å². The largest absolute Gasteiger partial charge is 0.465 e. The van der Waals surface area contributed by atoms with Gasteiger partial charge in [-0.1, -0.05) is 13.8 Å². The lowest BCUT2D eigenvalue weighted by Gasteiger charge is -2.35. The Morgan fingerprint density at radius 1 is 1.35 bits per heavy atom. The summed E-state index contributed by atoms with van der Waals surface area (Å²) in [5, 5.41) is 3.39. The second-order valence-electron chi connectivity index (χ2n) is 6.27. The van der Waals surface area contributed by atoms with Crippen molar-refractivity contribution >= 4 is 11.7 Å². The van der Waals surface area contributed by atoms with Gasteiger partial charge in [0.1, 0.15) is 5.82 Å². The number of carbonyl (C=O) groups excluding carboxylic acids is 1. The predicted molar refractivity (Wildman–Crippen MR) is 77.4 cm³/mol. The van der Waals surface area contributed by atoms with Gasteiger partial charge >= 0.3 is 5.97 Å². The van der Waals surface area contributed by atoms with E-state index in [1.165, 1.54) is 32.1 Å². The summed E-state index contributed by atoms with van der Waals surface area (Å²) in [6.07, 6.45) is 4.54. The van der Waals surface area contributed by atoms with Crippen LogP contribution in [0.25, 0.3) is 0 Å². The Morgan fingerprint density at radius 2 is 2.00 bits per heavy atom. The summed E-state index contributed by atoms with van der Waals surface area (Å²) in [5.41, 5.74) is 1.17. The highest BCUT2D eigenvalue weighted by Gasteiger charge is 2.26. The third kappa shape index (κ3) is 3.50. The second-order valence-corrected chi connectivity index (χ2v) is 6.27. The van der Waals surface area contributed by atoms with Crippen LogP contribution in [0.3, 0.4) is 0 Å². The van der Waals surface area contributed by atoms with E-state index in [9.17, 15) is 9.18 Å². The van der Waals surface area contributed by atoms with E-state index in [-0.39, 0.29) is 5.56 Å². The number of rotatable bonds is 3. The number of nitrogens with one attached hydrogen (secondary N) is 1. The lowest BCUT2D eigenvalue weighted by Crippen LogP contribution is -2.29. The normalized spacial score (nSPS) is 18.6. The SMILES string of the molecule is COC(=O)c1cc(NC2CCC(C)(C)CC2)ccc1F. The maximum absolute atomic E-state index is 13.6. The highest BCUT2D eigenvalue weighted by Crippen LogP contribution is 2.36. The third-order valence-electron chi connectivity index (χ3n) is 4.08. The number of anilines is 1. The van der Waals surface area contributed by atoms with Crippen LogP contribution < -0.4 is 5.32 Å². The monoisotopic (exact) mass is 279 g/mol. The van der Waals surface area contributed by atoms with Crippen LogP contribution in [0.1, 0.15) is 49.9 Å². The Hall–Kier alpha value is -1.58. The number of benzene rings is 1. The van der Waals surface area contributed by atoms with Crippen LogP contribution in [0.15, 0.2) is 18.2 Å². The van der Waals surface area contributed by atoms with Gasteiger partial charge in [0.05, 0.1) is 12.7 Å². The third-order valence-corrected chi connectivity index (χ3v) is 4.08. The Bertz CT molecular complexity index is 489. The topological polar surface area (TPSA) is 38.3 Å². The lowest BCUT2D eigenvalue weighted by molar-refractivity contribution is 0.0595. The fraction of sp³-hybridized carbons (Fsp3) is 0.562. The van der Waals surface area contributed by atoms with Crippen molar-refractivity contribution in [1.82, 2.24) is 0 Å². The molecule has 0 spiro atoms. The average molecular weight is 279 g/mol. The van der Waals surface area contributed by atoms with Crippen molar-refractivity contribution in [3.05, 3.63) is 29.6 Å². The molecule has 20 heavy (non-hydrogen) atoms. The minimum absolute atomic E-state index is 0.0198. The molecule has 0 heterocycles. The summed E-state index contributed by atoms with van der Waals surface area (Å²) in [7, 11) is 1.26. The Balaban J connectivity index is 2.05. The first-order valence-electron chi connectivity index (χ1n) is 7.06. The number of hydrogen-bond acceptors (Lipinski definition) is 3. The molecule has 1 aromatic rings. The van der Waals surface area contributed by atoms with E-state index in [1.807, 2.05) is 0 Å². The molecular weight excluding hydrogens is 257 g/mol. The predicted octanol–water partition coefficient (Wildman–Crippen LogP) is 3.99. The first kappa shape index (κ1) is 14.8. The van der Waals surface area contributed by atoms with Crippen LogP contribution >= 0.6 is 0 Å². The van der Waals surface area contributed by atoms with Crippen molar-refractivity contribution in [3.8, 4) is 0 Å². The zero-order chi connectivity index (χ0) is 14.8. The van der Waals surface area contributed by atoms with Gasteiger partial charge in [0.25, 0.3) is 0 Å². The molecule has 4 heteroatoms. The number of ether oxygens (including phenoxy) is 1. The zero-order valence-corrected chi connectivity index (χ0v) is 12.3. The van der Waals surface area contributed by atoms with Crippen molar-refractivity contribution in [1.29, 1.82) is 0 Å². The van der Waals surface area contributed by atoms with E-state index < -0.39 is 11.8 Å². The van der Waals surface area contributed by atoms with Crippen LogP contribution in [0, 0.1) is 11.2 Å². The molecule has 0 unspecified atom stereocenters. The van der Waals surface area contributed by atoms with Gasteiger partial charge in [0, 0.05) is 11.7 Å². The maximum Gasteiger partial charge on any atom is 0.340 e. The van der Waals surface area contributed by atoms with Gasteiger partial charge in [-0.15, -0.1) is 0 Å². The Kier molecular flexibility index (Phi) is 4.31. The molecular formula is C16H22FNO2. The number of esters is 1. The van der Waals surface area contributed by atoms with Crippen molar-refractivity contribution in [2.24, 2.45) is 5.41 Å². The molecule has 3 nitrogen and oxygen atoms in total. The molecule has 0 radical (unpaired) electrons. The first-order valence-corrected chi connectivity index (χ1v) is 7.06.